The molecule has 18 heavy (non-hydrogen) atoms. The number of sulfonamides is 1. The van der Waals surface area contributed by atoms with Crippen LogP contribution >= 0.6 is 0 Å². The molecule has 2 aromatic rings. The molecule has 0 bridgehead atoms. The highest BCUT2D eigenvalue weighted by atomic mass is 32.2. The third-order valence-corrected chi connectivity index (χ3v) is 3.67. The summed E-state index contributed by atoms with van der Waals surface area (Å²) in [6.07, 6.45) is 3.07. The number of pyridine rings is 1. The van der Waals surface area contributed by atoms with Crippen LogP contribution in [0.2, 0.25) is 0 Å². The molecule has 0 aliphatic heterocycles. The molecule has 5 heteroatoms. The summed E-state index contributed by atoms with van der Waals surface area (Å²) in [7, 11) is -3.39. The zero-order chi connectivity index (χ0) is 13.0. The Morgan fingerprint density at radius 3 is 2.50 bits per heavy atom. The van der Waals surface area contributed by atoms with E-state index in [1.165, 1.54) is 6.20 Å². The second-order valence-corrected chi connectivity index (χ2v) is 5.81. The van der Waals surface area contributed by atoms with Crippen molar-refractivity contribution in [1.82, 2.24) is 4.98 Å². The van der Waals surface area contributed by atoms with Crippen molar-refractivity contribution in [3.05, 3.63) is 59.9 Å². The average molecular weight is 262 g/mol. The maximum absolute atomic E-state index is 11.9. The number of nitrogens with zero attached hydrogens (tertiary/aromatic N) is 1. The van der Waals surface area contributed by atoms with Gasteiger partial charge in [0.25, 0.3) is 0 Å². The summed E-state index contributed by atoms with van der Waals surface area (Å²) in [6.45, 7) is 1.96. The SMILES string of the molecule is Cc1ccc(CS(=O)(=O)Nc2cccnc2)cc1. The van der Waals surface area contributed by atoms with E-state index in [4.69, 9.17) is 0 Å². The molecule has 0 amide bonds. The topological polar surface area (TPSA) is 59.1 Å². The average Bonchev–Trinajstić information content (AvgIpc) is 2.32. The van der Waals surface area contributed by atoms with Crippen molar-refractivity contribution in [2.24, 2.45) is 0 Å². The highest BCUT2D eigenvalue weighted by Crippen LogP contribution is 2.11. The lowest BCUT2D eigenvalue weighted by molar-refractivity contribution is 0.600. The van der Waals surface area contributed by atoms with Crippen molar-refractivity contribution in [2.75, 3.05) is 4.72 Å². The van der Waals surface area contributed by atoms with Gasteiger partial charge in [0.2, 0.25) is 10.0 Å². The standard InChI is InChI=1S/C13H14N2O2S/c1-11-4-6-12(7-5-11)10-18(16,17)15-13-3-2-8-14-9-13/h2-9,15H,10H2,1H3. The molecule has 0 fully saturated rings. The van der Waals surface area contributed by atoms with Crippen LogP contribution in [0, 0.1) is 6.92 Å². The summed E-state index contributed by atoms with van der Waals surface area (Å²) in [5, 5.41) is 0. The zero-order valence-electron chi connectivity index (χ0n) is 10.00. The predicted molar refractivity (Wildman–Crippen MR) is 71.7 cm³/mol. The minimum absolute atomic E-state index is 0.0395. The number of rotatable bonds is 4. The van der Waals surface area contributed by atoms with E-state index >= 15 is 0 Å². The first-order valence-corrected chi connectivity index (χ1v) is 7.16. The molecule has 4 nitrogen and oxygen atoms in total. The smallest absolute Gasteiger partial charge is 0.236 e. The number of nitrogens with one attached hydrogen (secondary N) is 1. The summed E-state index contributed by atoms with van der Waals surface area (Å²) in [6, 6.07) is 10.8. The monoisotopic (exact) mass is 262 g/mol. The van der Waals surface area contributed by atoms with Gasteiger partial charge in [-0.2, -0.15) is 0 Å². The third kappa shape index (κ3) is 3.56. The summed E-state index contributed by atoms with van der Waals surface area (Å²) in [5.41, 5.74) is 2.35. The maximum Gasteiger partial charge on any atom is 0.236 e. The minimum atomic E-state index is -3.39. The lowest BCUT2D eigenvalue weighted by Crippen LogP contribution is -2.15. The molecule has 1 aromatic carbocycles. The van der Waals surface area contributed by atoms with Crippen LogP contribution in [0.1, 0.15) is 11.1 Å². The normalized spacial score (nSPS) is 11.2. The molecule has 0 atom stereocenters. The number of hydrogen-bond acceptors (Lipinski definition) is 3. The first kappa shape index (κ1) is 12.6. The Hall–Kier alpha value is -1.88. The molecule has 0 spiro atoms. The summed E-state index contributed by atoms with van der Waals surface area (Å²) < 4.78 is 26.3. The fourth-order valence-corrected chi connectivity index (χ4v) is 2.73. The van der Waals surface area contributed by atoms with Crippen molar-refractivity contribution >= 4 is 15.7 Å². The molecule has 1 aromatic heterocycles. The van der Waals surface area contributed by atoms with Gasteiger partial charge < -0.3 is 0 Å². The molecular weight excluding hydrogens is 248 g/mol. The molecule has 94 valence electrons. The van der Waals surface area contributed by atoms with Gasteiger partial charge in [-0.3, -0.25) is 9.71 Å². The van der Waals surface area contributed by atoms with Crippen LogP contribution in [0.4, 0.5) is 5.69 Å². The lowest BCUT2D eigenvalue weighted by Gasteiger charge is -2.07. The molecule has 1 N–H and O–H groups in total. The van der Waals surface area contributed by atoms with Crippen molar-refractivity contribution < 1.29 is 8.42 Å². The first-order chi connectivity index (χ1) is 8.55. The van der Waals surface area contributed by atoms with E-state index in [1.54, 1.807) is 18.3 Å². The van der Waals surface area contributed by atoms with Gasteiger partial charge in [0.15, 0.2) is 0 Å². The number of aryl methyl sites for hydroxylation is 1. The van der Waals surface area contributed by atoms with Gasteiger partial charge in [-0.05, 0) is 24.6 Å². The molecular formula is C13H14N2O2S. The molecule has 0 saturated heterocycles. The second-order valence-electron chi connectivity index (χ2n) is 4.09. The van der Waals surface area contributed by atoms with Crippen molar-refractivity contribution in [2.45, 2.75) is 12.7 Å². The largest absolute Gasteiger partial charge is 0.282 e. The van der Waals surface area contributed by atoms with Crippen LogP contribution in [0.15, 0.2) is 48.8 Å². The van der Waals surface area contributed by atoms with E-state index in [0.29, 0.717) is 5.69 Å². The van der Waals surface area contributed by atoms with Crippen LogP contribution < -0.4 is 4.72 Å². The number of benzene rings is 1. The second kappa shape index (κ2) is 5.18. The zero-order valence-corrected chi connectivity index (χ0v) is 10.8. The molecule has 2 rings (SSSR count). The Kier molecular flexibility index (Phi) is 3.62. The highest BCUT2D eigenvalue weighted by Gasteiger charge is 2.11. The Balaban J connectivity index is 2.10. The third-order valence-electron chi connectivity index (χ3n) is 2.41. The quantitative estimate of drug-likeness (QED) is 0.920. The predicted octanol–water partition coefficient (Wildman–Crippen LogP) is 2.33. The van der Waals surface area contributed by atoms with Crippen molar-refractivity contribution in [1.29, 1.82) is 0 Å². The van der Waals surface area contributed by atoms with Gasteiger partial charge in [0.1, 0.15) is 0 Å². The Morgan fingerprint density at radius 1 is 1.17 bits per heavy atom. The van der Waals surface area contributed by atoms with E-state index in [-0.39, 0.29) is 5.75 Å². The first-order valence-electron chi connectivity index (χ1n) is 5.51. The van der Waals surface area contributed by atoms with Gasteiger partial charge in [0.05, 0.1) is 17.6 Å². The van der Waals surface area contributed by atoms with E-state index in [9.17, 15) is 8.42 Å². The fraction of sp³-hybridized carbons (Fsp3) is 0.154. The van der Waals surface area contributed by atoms with Crippen LogP contribution in [-0.4, -0.2) is 13.4 Å². The highest BCUT2D eigenvalue weighted by molar-refractivity contribution is 7.91. The lowest BCUT2D eigenvalue weighted by atomic mass is 10.2. The van der Waals surface area contributed by atoms with Crippen LogP contribution in [-0.2, 0) is 15.8 Å². The van der Waals surface area contributed by atoms with Gasteiger partial charge >= 0.3 is 0 Å². The van der Waals surface area contributed by atoms with E-state index in [1.807, 2.05) is 31.2 Å². The van der Waals surface area contributed by atoms with Gasteiger partial charge in [0, 0.05) is 6.20 Å². The van der Waals surface area contributed by atoms with E-state index in [2.05, 4.69) is 9.71 Å². The summed E-state index contributed by atoms with van der Waals surface area (Å²) in [5.74, 6) is -0.0395. The molecule has 0 unspecified atom stereocenters. The van der Waals surface area contributed by atoms with Gasteiger partial charge in [-0.1, -0.05) is 29.8 Å². The Labute approximate surface area is 107 Å². The maximum atomic E-state index is 11.9. The Morgan fingerprint density at radius 2 is 1.89 bits per heavy atom. The molecule has 1 heterocycles. The van der Waals surface area contributed by atoms with Crippen LogP contribution in [0.3, 0.4) is 0 Å². The van der Waals surface area contributed by atoms with Gasteiger partial charge in [-0.15, -0.1) is 0 Å². The summed E-state index contributed by atoms with van der Waals surface area (Å²) >= 11 is 0. The number of anilines is 1. The van der Waals surface area contributed by atoms with E-state index in [0.717, 1.165) is 11.1 Å². The minimum Gasteiger partial charge on any atom is -0.282 e. The van der Waals surface area contributed by atoms with E-state index < -0.39 is 10.0 Å². The van der Waals surface area contributed by atoms with Crippen LogP contribution in [0.25, 0.3) is 0 Å². The van der Waals surface area contributed by atoms with Crippen molar-refractivity contribution in [3.63, 3.8) is 0 Å². The summed E-state index contributed by atoms with van der Waals surface area (Å²) in [4.78, 5) is 3.86. The molecule has 0 aliphatic carbocycles. The Bertz CT molecular complexity index is 607. The van der Waals surface area contributed by atoms with Crippen LogP contribution in [0.5, 0.6) is 0 Å². The molecule has 0 radical (unpaired) electrons. The fourth-order valence-electron chi connectivity index (χ4n) is 1.54. The number of hydrogen-bond donors (Lipinski definition) is 1. The number of aromatic nitrogens is 1. The molecule has 0 aliphatic rings. The van der Waals surface area contributed by atoms with Gasteiger partial charge in [-0.25, -0.2) is 8.42 Å². The van der Waals surface area contributed by atoms with Crippen molar-refractivity contribution in [3.8, 4) is 0 Å². The molecule has 0 saturated carbocycles.